The Bertz CT molecular complexity index is 330. The number of ether oxygens (including phenoxy) is 4. The normalized spacial score (nSPS) is 19.5. The molecule has 0 radical (unpaired) electrons. The molecule has 1 saturated heterocycles. The van der Waals surface area contributed by atoms with E-state index in [0.29, 0.717) is 13.2 Å². The van der Waals surface area contributed by atoms with Gasteiger partial charge in [-0.05, 0) is 43.5 Å². The largest absolute Gasteiger partial charge is 0.497 e. The van der Waals surface area contributed by atoms with E-state index in [9.17, 15) is 0 Å². The predicted octanol–water partition coefficient (Wildman–Crippen LogP) is 2.62. The van der Waals surface area contributed by atoms with Crippen molar-refractivity contribution in [2.75, 3.05) is 26.9 Å². The summed E-state index contributed by atoms with van der Waals surface area (Å²) in [6.45, 7) is 1.90. The molecule has 0 saturated carbocycles. The highest BCUT2D eigenvalue weighted by Gasteiger charge is 2.13. The van der Waals surface area contributed by atoms with Gasteiger partial charge in [0.25, 0.3) is 0 Å². The fourth-order valence-electron chi connectivity index (χ4n) is 1.85. The highest BCUT2D eigenvalue weighted by atomic mass is 16.7. The lowest BCUT2D eigenvalue weighted by Crippen LogP contribution is -2.24. The number of hydrogen-bond donors (Lipinski definition) is 0. The topological polar surface area (TPSA) is 36.9 Å². The fraction of sp³-hybridized carbons (Fsp3) is 0.571. The molecule has 0 unspecified atom stereocenters. The van der Waals surface area contributed by atoms with Crippen LogP contribution in [-0.4, -0.2) is 33.2 Å². The molecule has 0 aliphatic carbocycles. The third-order valence-electron chi connectivity index (χ3n) is 2.85. The van der Waals surface area contributed by atoms with E-state index in [4.69, 9.17) is 18.9 Å². The van der Waals surface area contributed by atoms with Crippen molar-refractivity contribution in [3.63, 3.8) is 0 Å². The minimum Gasteiger partial charge on any atom is -0.497 e. The van der Waals surface area contributed by atoms with Crippen LogP contribution in [0.4, 0.5) is 0 Å². The summed E-state index contributed by atoms with van der Waals surface area (Å²) in [7, 11) is 1.65. The second kappa shape index (κ2) is 7.24. The average Bonchev–Trinajstić information content (AvgIpc) is 2.45. The number of hydrogen-bond acceptors (Lipinski definition) is 4. The molecule has 1 aromatic rings. The number of benzene rings is 1. The van der Waals surface area contributed by atoms with E-state index in [1.54, 1.807) is 7.11 Å². The van der Waals surface area contributed by atoms with Crippen molar-refractivity contribution < 1.29 is 18.9 Å². The van der Waals surface area contributed by atoms with Crippen molar-refractivity contribution in [2.45, 2.75) is 25.6 Å². The Morgan fingerprint density at radius 2 is 1.89 bits per heavy atom. The van der Waals surface area contributed by atoms with E-state index in [1.165, 1.54) is 6.42 Å². The van der Waals surface area contributed by atoms with Crippen LogP contribution in [0.2, 0.25) is 0 Å². The smallest absolute Gasteiger partial charge is 0.157 e. The number of methoxy groups -OCH3 is 1. The van der Waals surface area contributed by atoms with Crippen molar-refractivity contribution in [1.82, 2.24) is 0 Å². The summed E-state index contributed by atoms with van der Waals surface area (Å²) in [5.41, 5.74) is 0. The first-order valence-corrected chi connectivity index (χ1v) is 6.38. The molecule has 0 spiro atoms. The van der Waals surface area contributed by atoms with Crippen LogP contribution in [0.3, 0.4) is 0 Å². The zero-order chi connectivity index (χ0) is 12.6. The molecule has 1 aromatic carbocycles. The molecule has 0 bridgehead atoms. The quantitative estimate of drug-likeness (QED) is 0.729. The molecule has 1 heterocycles. The molecule has 100 valence electrons. The van der Waals surface area contributed by atoms with Gasteiger partial charge in [0.05, 0.1) is 13.7 Å². The van der Waals surface area contributed by atoms with Gasteiger partial charge in [0, 0.05) is 6.61 Å². The number of rotatable bonds is 6. The summed E-state index contributed by atoms with van der Waals surface area (Å²) >= 11 is 0. The van der Waals surface area contributed by atoms with Gasteiger partial charge in [-0.2, -0.15) is 0 Å². The summed E-state index contributed by atoms with van der Waals surface area (Å²) in [5.74, 6) is 1.65. The van der Waals surface area contributed by atoms with Crippen LogP contribution in [0.15, 0.2) is 24.3 Å². The Kier molecular flexibility index (Phi) is 5.30. The second-order valence-corrected chi connectivity index (χ2v) is 4.19. The Hall–Kier alpha value is -1.26. The lowest BCUT2D eigenvalue weighted by molar-refractivity contribution is -0.165. The summed E-state index contributed by atoms with van der Waals surface area (Å²) in [6, 6.07) is 7.52. The van der Waals surface area contributed by atoms with Crippen LogP contribution in [0.1, 0.15) is 19.3 Å². The highest BCUT2D eigenvalue weighted by molar-refractivity contribution is 5.31. The maximum Gasteiger partial charge on any atom is 0.157 e. The summed E-state index contributed by atoms with van der Waals surface area (Å²) < 4.78 is 21.7. The van der Waals surface area contributed by atoms with Gasteiger partial charge < -0.3 is 18.9 Å². The van der Waals surface area contributed by atoms with E-state index >= 15 is 0 Å². The highest BCUT2D eigenvalue weighted by Crippen LogP contribution is 2.17. The predicted molar refractivity (Wildman–Crippen MR) is 68.0 cm³/mol. The zero-order valence-electron chi connectivity index (χ0n) is 10.8. The van der Waals surface area contributed by atoms with E-state index in [2.05, 4.69) is 0 Å². The minimum atomic E-state index is -0.0433. The van der Waals surface area contributed by atoms with Crippen molar-refractivity contribution in [3.8, 4) is 11.5 Å². The first kappa shape index (κ1) is 13.2. The van der Waals surface area contributed by atoms with E-state index in [0.717, 1.165) is 30.9 Å². The van der Waals surface area contributed by atoms with Crippen LogP contribution in [-0.2, 0) is 9.47 Å². The zero-order valence-corrected chi connectivity index (χ0v) is 10.8. The standard InChI is InChI=1S/C14H20O4/c1-15-12-5-7-13(8-6-12)16-10-11-18-14-4-2-3-9-17-14/h5-8,14H,2-4,9-11H2,1H3/t14-/m1/s1. The molecule has 1 aliphatic rings. The third-order valence-corrected chi connectivity index (χ3v) is 2.85. The maximum atomic E-state index is 5.58. The summed E-state index contributed by atoms with van der Waals surface area (Å²) in [4.78, 5) is 0. The molecule has 1 aliphatic heterocycles. The van der Waals surface area contributed by atoms with Gasteiger partial charge in [-0.25, -0.2) is 0 Å². The maximum absolute atomic E-state index is 5.58. The van der Waals surface area contributed by atoms with Gasteiger partial charge >= 0.3 is 0 Å². The lowest BCUT2D eigenvalue weighted by Gasteiger charge is -2.22. The van der Waals surface area contributed by atoms with Crippen molar-refractivity contribution in [1.29, 1.82) is 0 Å². The van der Waals surface area contributed by atoms with Crippen molar-refractivity contribution >= 4 is 0 Å². The van der Waals surface area contributed by atoms with Crippen LogP contribution in [0, 0.1) is 0 Å². The van der Waals surface area contributed by atoms with Crippen LogP contribution < -0.4 is 9.47 Å². The third kappa shape index (κ3) is 4.20. The first-order valence-electron chi connectivity index (χ1n) is 6.38. The SMILES string of the molecule is COc1ccc(OCCO[C@@H]2CCCCO2)cc1. The van der Waals surface area contributed by atoms with Gasteiger partial charge in [0.1, 0.15) is 18.1 Å². The average molecular weight is 252 g/mol. The molecule has 0 aromatic heterocycles. The Labute approximate surface area is 108 Å². The van der Waals surface area contributed by atoms with Crippen molar-refractivity contribution in [3.05, 3.63) is 24.3 Å². The molecule has 18 heavy (non-hydrogen) atoms. The molecule has 4 heteroatoms. The molecule has 0 amide bonds. The summed E-state index contributed by atoms with van der Waals surface area (Å²) in [5, 5.41) is 0. The second-order valence-electron chi connectivity index (χ2n) is 4.19. The lowest BCUT2D eigenvalue weighted by atomic mass is 10.2. The molecule has 1 fully saturated rings. The molecular formula is C14H20O4. The first-order chi connectivity index (χ1) is 8.88. The van der Waals surface area contributed by atoms with E-state index < -0.39 is 0 Å². The molecule has 0 N–H and O–H groups in total. The minimum absolute atomic E-state index is 0.0433. The van der Waals surface area contributed by atoms with Gasteiger partial charge in [0.15, 0.2) is 6.29 Å². The van der Waals surface area contributed by atoms with E-state index in [1.807, 2.05) is 24.3 Å². The van der Waals surface area contributed by atoms with Crippen LogP contribution in [0.5, 0.6) is 11.5 Å². The van der Waals surface area contributed by atoms with Crippen molar-refractivity contribution in [2.24, 2.45) is 0 Å². The van der Waals surface area contributed by atoms with Gasteiger partial charge in [-0.1, -0.05) is 0 Å². The molecule has 2 rings (SSSR count). The summed E-state index contributed by atoms with van der Waals surface area (Å²) in [6.07, 6.45) is 3.27. The molecule has 1 atom stereocenters. The Morgan fingerprint density at radius 1 is 1.11 bits per heavy atom. The van der Waals surface area contributed by atoms with Gasteiger partial charge in [0.2, 0.25) is 0 Å². The monoisotopic (exact) mass is 252 g/mol. The Balaban J connectivity index is 1.62. The Morgan fingerprint density at radius 3 is 2.56 bits per heavy atom. The van der Waals surface area contributed by atoms with Gasteiger partial charge in [-0.3, -0.25) is 0 Å². The van der Waals surface area contributed by atoms with Gasteiger partial charge in [-0.15, -0.1) is 0 Å². The molecule has 4 nitrogen and oxygen atoms in total. The fourth-order valence-corrected chi connectivity index (χ4v) is 1.85. The van der Waals surface area contributed by atoms with Crippen LogP contribution >= 0.6 is 0 Å². The molecular weight excluding hydrogens is 232 g/mol. The van der Waals surface area contributed by atoms with E-state index in [-0.39, 0.29) is 6.29 Å². The van der Waals surface area contributed by atoms with Crippen LogP contribution in [0.25, 0.3) is 0 Å².